The van der Waals surface area contributed by atoms with Crippen molar-refractivity contribution in [3.63, 3.8) is 0 Å². The monoisotopic (exact) mass is 406 g/mol. The van der Waals surface area contributed by atoms with Crippen LogP contribution in [0.25, 0.3) is 0 Å². The maximum Gasteiger partial charge on any atom is 0.341 e. The summed E-state index contributed by atoms with van der Waals surface area (Å²) in [4.78, 5) is 23.2. The van der Waals surface area contributed by atoms with Crippen LogP contribution < -0.4 is 14.8 Å². The van der Waals surface area contributed by atoms with E-state index in [4.69, 9.17) is 20.0 Å². The van der Waals surface area contributed by atoms with Gasteiger partial charge in [0.05, 0.1) is 18.2 Å². The molecule has 25 heavy (non-hydrogen) atoms. The standard InChI is InChI=1S/C17H15BrN2O5/c1-24-13-5-3-2-4-11(13)16(19)20-17(23)12-8-10(18)6-7-14(12)25-9-15(21)22/h2-8H,9H2,1H3,(H,21,22)(H2,19,20,23). The maximum absolute atomic E-state index is 12.5. The summed E-state index contributed by atoms with van der Waals surface area (Å²) < 4.78 is 10.9. The molecule has 0 aliphatic carbocycles. The zero-order valence-electron chi connectivity index (χ0n) is 13.2. The lowest BCUT2D eigenvalue weighted by Crippen LogP contribution is -2.31. The van der Waals surface area contributed by atoms with E-state index in [1.807, 2.05) is 0 Å². The fourth-order valence-electron chi connectivity index (χ4n) is 2.04. The lowest BCUT2D eigenvalue weighted by Gasteiger charge is -2.13. The molecule has 130 valence electrons. The van der Waals surface area contributed by atoms with Crippen molar-refractivity contribution < 1.29 is 24.2 Å². The number of methoxy groups -OCH3 is 1. The van der Waals surface area contributed by atoms with Crippen molar-refractivity contribution in [2.75, 3.05) is 13.7 Å². The van der Waals surface area contributed by atoms with Crippen LogP contribution in [0.2, 0.25) is 0 Å². The number of nitrogens with one attached hydrogen (secondary N) is 2. The SMILES string of the molecule is COc1ccccc1C(=N)NC(=O)c1cc(Br)ccc1OCC(=O)O. The summed E-state index contributed by atoms with van der Waals surface area (Å²) in [6.07, 6.45) is 0. The molecule has 1 amide bonds. The molecule has 0 saturated heterocycles. The van der Waals surface area contributed by atoms with Crippen LogP contribution in [0.4, 0.5) is 0 Å². The molecular formula is C17H15BrN2O5. The van der Waals surface area contributed by atoms with Crippen molar-refractivity contribution in [1.82, 2.24) is 5.32 Å². The molecule has 0 saturated carbocycles. The van der Waals surface area contributed by atoms with Gasteiger partial charge in [-0.1, -0.05) is 28.1 Å². The molecule has 2 aromatic carbocycles. The third-order valence-electron chi connectivity index (χ3n) is 3.15. The van der Waals surface area contributed by atoms with E-state index in [0.29, 0.717) is 15.8 Å². The molecule has 0 heterocycles. The van der Waals surface area contributed by atoms with Gasteiger partial charge in [0.15, 0.2) is 6.61 Å². The van der Waals surface area contributed by atoms with Gasteiger partial charge in [0.25, 0.3) is 5.91 Å². The summed E-state index contributed by atoms with van der Waals surface area (Å²) in [6.45, 7) is -0.578. The Balaban J connectivity index is 2.24. The van der Waals surface area contributed by atoms with Gasteiger partial charge in [0.1, 0.15) is 17.3 Å². The number of ether oxygens (including phenoxy) is 2. The summed E-state index contributed by atoms with van der Waals surface area (Å²) in [7, 11) is 1.47. The Bertz CT molecular complexity index is 822. The van der Waals surface area contributed by atoms with E-state index in [1.54, 1.807) is 30.3 Å². The number of carboxylic acid groups (broad SMARTS) is 1. The lowest BCUT2D eigenvalue weighted by atomic mass is 10.1. The van der Waals surface area contributed by atoms with Gasteiger partial charge in [-0.05, 0) is 30.3 Å². The largest absolute Gasteiger partial charge is 0.496 e. The molecular weight excluding hydrogens is 392 g/mol. The Morgan fingerprint density at radius 2 is 1.88 bits per heavy atom. The van der Waals surface area contributed by atoms with Gasteiger partial charge in [-0.3, -0.25) is 10.2 Å². The summed E-state index contributed by atoms with van der Waals surface area (Å²) in [5.74, 6) is -1.35. The predicted octanol–water partition coefficient (Wildman–Crippen LogP) is 2.68. The molecule has 0 radical (unpaired) electrons. The number of hydrogen-bond acceptors (Lipinski definition) is 5. The summed E-state index contributed by atoms with van der Waals surface area (Å²) in [5, 5.41) is 19.3. The molecule has 2 rings (SSSR count). The number of amides is 1. The van der Waals surface area contributed by atoms with Gasteiger partial charge >= 0.3 is 5.97 Å². The van der Waals surface area contributed by atoms with Crippen LogP contribution in [0.3, 0.4) is 0 Å². The van der Waals surface area contributed by atoms with Gasteiger partial charge in [-0.2, -0.15) is 0 Å². The van der Waals surface area contributed by atoms with E-state index >= 15 is 0 Å². The van der Waals surface area contributed by atoms with Gasteiger partial charge in [-0.25, -0.2) is 4.79 Å². The molecule has 7 nitrogen and oxygen atoms in total. The van der Waals surface area contributed by atoms with Crippen LogP contribution in [0.5, 0.6) is 11.5 Å². The topological polar surface area (TPSA) is 109 Å². The van der Waals surface area contributed by atoms with Crippen LogP contribution in [-0.4, -0.2) is 36.5 Å². The first-order chi connectivity index (χ1) is 11.9. The van der Waals surface area contributed by atoms with Crippen LogP contribution >= 0.6 is 15.9 Å². The Labute approximate surface area is 152 Å². The van der Waals surface area contributed by atoms with Gasteiger partial charge in [0.2, 0.25) is 0 Å². The first kappa shape index (κ1) is 18.5. The van der Waals surface area contributed by atoms with E-state index < -0.39 is 18.5 Å². The van der Waals surface area contributed by atoms with E-state index in [1.165, 1.54) is 19.2 Å². The number of para-hydroxylation sites is 1. The molecule has 0 aromatic heterocycles. The number of amidine groups is 1. The minimum atomic E-state index is -1.16. The number of aliphatic carboxylic acids is 1. The highest BCUT2D eigenvalue weighted by molar-refractivity contribution is 9.10. The summed E-state index contributed by atoms with van der Waals surface area (Å²) >= 11 is 3.25. The molecule has 0 aliphatic heterocycles. The minimum Gasteiger partial charge on any atom is -0.496 e. The van der Waals surface area contributed by atoms with Crippen molar-refractivity contribution >= 4 is 33.6 Å². The maximum atomic E-state index is 12.5. The zero-order valence-corrected chi connectivity index (χ0v) is 14.8. The van der Waals surface area contributed by atoms with Gasteiger partial charge in [-0.15, -0.1) is 0 Å². The molecule has 2 aromatic rings. The van der Waals surface area contributed by atoms with E-state index in [-0.39, 0.29) is 17.1 Å². The summed E-state index contributed by atoms with van der Waals surface area (Å²) in [5.41, 5.74) is 0.525. The minimum absolute atomic E-state index is 0.107. The molecule has 0 aliphatic rings. The second-order valence-corrected chi connectivity index (χ2v) is 5.77. The molecule has 0 unspecified atom stereocenters. The number of halogens is 1. The van der Waals surface area contributed by atoms with Crippen molar-refractivity contribution in [3.8, 4) is 11.5 Å². The first-order valence-electron chi connectivity index (χ1n) is 7.09. The molecule has 3 N–H and O–H groups in total. The van der Waals surface area contributed by atoms with E-state index in [2.05, 4.69) is 21.2 Å². The second-order valence-electron chi connectivity index (χ2n) is 4.85. The second kappa shape index (κ2) is 8.29. The molecule has 0 fully saturated rings. The number of rotatable bonds is 6. The number of carbonyl (C=O) groups excluding carboxylic acids is 1. The van der Waals surface area contributed by atoms with Crippen LogP contribution in [0.1, 0.15) is 15.9 Å². The highest BCUT2D eigenvalue weighted by Gasteiger charge is 2.17. The zero-order chi connectivity index (χ0) is 18.4. The van der Waals surface area contributed by atoms with Crippen LogP contribution in [-0.2, 0) is 4.79 Å². The third kappa shape index (κ3) is 4.80. The average molecular weight is 407 g/mol. The number of carbonyl (C=O) groups is 2. The Hall–Kier alpha value is -2.87. The highest BCUT2D eigenvalue weighted by Crippen LogP contribution is 2.24. The average Bonchev–Trinajstić information content (AvgIpc) is 2.60. The quantitative estimate of drug-likeness (QED) is 0.504. The lowest BCUT2D eigenvalue weighted by molar-refractivity contribution is -0.139. The number of carboxylic acids is 1. The number of benzene rings is 2. The molecule has 0 spiro atoms. The Morgan fingerprint density at radius 3 is 2.56 bits per heavy atom. The van der Waals surface area contributed by atoms with Crippen LogP contribution in [0, 0.1) is 5.41 Å². The third-order valence-corrected chi connectivity index (χ3v) is 3.65. The fourth-order valence-corrected chi connectivity index (χ4v) is 2.41. The fraction of sp³-hybridized carbons (Fsp3) is 0.118. The van der Waals surface area contributed by atoms with Crippen molar-refractivity contribution in [3.05, 3.63) is 58.1 Å². The highest BCUT2D eigenvalue weighted by atomic mass is 79.9. The van der Waals surface area contributed by atoms with Crippen molar-refractivity contribution in [2.45, 2.75) is 0 Å². The Kier molecular flexibility index (Phi) is 6.13. The van der Waals surface area contributed by atoms with Gasteiger partial charge in [0, 0.05) is 4.47 Å². The van der Waals surface area contributed by atoms with Crippen LogP contribution in [0.15, 0.2) is 46.9 Å². The predicted molar refractivity (Wildman–Crippen MR) is 94.6 cm³/mol. The smallest absolute Gasteiger partial charge is 0.341 e. The van der Waals surface area contributed by atoms with Gasteiger partial charge < -0.3 is 19.9 Å². The first-order valence-corrected chi connectivity index (χ1v) is 7.89. The normalized spacial score (nSPS) is 10.0. The van der Waals surface area contributed by atoms with Crippen molar-refractivity contribution in [2.24, 2.45) is 0 Å². The summed E-state index contributed by atoms with van der Waals surface area (Å²) in [6, 6.07) is 11.4. The molecule has 0 atom stereocenters. The Morgan fingerprint density at radius 1 is 1.16 bits per heavy atom. The van der Waals surface area contributed by atoms with E-state index in [9.17, 15) is 9.59 Å². The van der Waals surface area contributed by atoms with E-state index in [0.717, 1.165) is 0 Å². The molecule has 8 heteroatoms. The number of hydrogen-bond donors (Lipinski definition) is 3. The van der Waals surface area contributed by atoms with Crippen molar-refractivity contribution in [1.29, 1.82) is 5.41 Å². The molecule has 0 bridgehead atoms.